The van der Waals surface area contributed by atoms with Crippen molar-refractivity contribution in [2.45, 2.75) is 52.7 Å². The van der Waals surface area contributed by atoms with E-state index in [-0.39, 0.29) is 73.4 Å². The molecule has 10 aromatic rings. The van der Waals surface area contributed by atoms with E-state index in [9.17, 15) is 30.4 Å². The largest absolute Gasteiger partial charge is 0.507 e. The van der Waals surface area contributed by atoms with Crippen molar-refractivity contribution >= 4 is 57.1 Å². The van der Waals surface area contributed by atoms with E-state index >= 15 is 0 Å². The summed E-state index contributed by atoms with van der Waals surface area (Å²) in [6.45, 7) is 3.62. The molecule has 0 amide bonds. The van der Waals surface area contributed by atoms with E-state index in [2.05, 4.69) is 61.3 Å². The van der Waals surface area contributed by atoms with E-state index < -0.39 is 9.85 Å². The number of benzene rings is 8. The second-order valence-electron chi connectivity index (χ2n) is 19.7. The van der Waals surface area contributed by atoms with Gasteiger partial charge in [0.15, 0.2) is 11.4 Å². The number of para-hydroxylation sites is 2. The van der Waals surface area contributed by atoms with Gasteiger partial charge < -0.3 is 19.7 Å². The number of hydrogen-bond acceptors (Lipinski definition) is 18. The van der Waals surface area contributed by atoms with Crippen molar-refractivity contribution in [2.24, 2.45) is 40.9 Å². The summed E-state index contributed by atoms with van der Waals surface area (Å²) in [6, 6.07) is 48.8. The van der Waals surface area contributed by atoms with Gasteiger partial charge in [-0.05, 0) is 120 Å². The number of hydrogen-bond donors (Lipinski definition) is 4. The number of nitro groups is 2. The number of nitrogens with one attached hydrogen (secondary N) is 2. The van der Waals surface area contributed by atoms with Crippen molar-refractivity contribution in [3.8, 4) is 23.0 Å². The molecule has 0 saturated carbocycles. The summed E-state index contributed by atoms with van der Waals surface area (Å²) in [5, 5.41) is 98.9. The number of phenolic OH excluding ortho intramolecular Hbond substituents is 2. The van der Waals surface area contributed by atoms with Crippen molar-refractivity contribution in [3.63, 3.8) is 0 Å². The molecule has 8 bridgehead atoms. The zero-order chi connectivity index (χ0) is 58.1. The van der Waals surface area contributed by atoms with Gasteiger partial charge in [-0.3, -0.25) is 30.4 Å². The first kappa shape index (κ1) is 54.5. The Labute approximate surface area is 479 Å². The number of ether oxygens (including phenoxy) is 2. The van der Waals surface area contributed by atoms with E-state index in [1.807, 2.05) is 97.1 Å². The second-order valence-corrected chi connectivity index (χ2v) is 19.7. The number of rotatable bonds is 16. The van der Waals surface area contributed by atoms with Crippen molar-refractivity contribution < 1.29 is 29.5 Å². The number of fused-ring (bicyclic) bond motifs is 8. The Morgan fingerprint density at radius 2 is 0.762 bits per heavy atom. The van der Waals surface area contributed by atoms with Gasteiger partial charge >= 0.3 is 0 Å². The number of nitro benzene ring substituents is 2. The Hall–Kier alpha value is -11.4. The maximum absolute atomic E-state index is 12.5. The van der Waals surface area contributed by atoms with E-state index in [4.69, 9.17) is 9.47 Å². The zero-order valence-corrected chi connectivity index (χ0v) is 45.1. The molecule has 0 radical (unpaired) electrons. The molecule has 22 heteroatoms. The SMILES string of the molecule is Cc1[nH]nc(N=Nc2cc3c(O)c(c2)Cc2cccc(c2OCc2ccc([N+](=O)[O-])cc2)Cc2cc(N=Nc4n[nH]c(C)c4N=Nc4ccccc4)cc(c2O)Cc2cccc(c2OCc2ccc([N+](=O)[O-])cc2)C3)c1N=Nc1ccccc1. The summed E-state index contributed by atoms with van der Waals surface area (Å²) < 4.78 is 13.5. The Kier molecular flexibility index (Phi) is 15.9. The molecule has 22 nitrogen and oxygen atoms in total. The van der Waals surface area contributed by atoms with Crippen LogP contribution in [0.25, 0.3) is 0 Å². The van der Waals surface area contributed by atoms with Gasteiger partial charge in [0.25, 0.3) is 11.4 Å². The fraction of sp³-hybridized carbons (Fsp3) is 0.129. The molecule has 0 atom stereocenters. The van der Waals surface area contributed by atoms with Crippen LogP contribution in [0.15, 0.2) is 211 Å². The van der Waals surface area contributed by atoms with E-state index in [0.29, 0.717) is 113 Å². The summed E-state index contributed by atoms with van der Waals surface area (Å²) >= 11 is 0. The third kappa shape index (κ3) is 12.6. The number of phenols is 2. The van der Waals surface area contributed by atoms with Crippen molar-refractivity contribution in [3.05, 3.63) is 257 Å². The molecule has 0 fully saturated rings. The molecule has 0 unspecified atom stereocenters. The molecule has 84 heavy (non-hydrogen) atoms. The van der Waals surface area contributed by atoms with Crippen LogP contribution in [0, 0.1) is 34.1 Å². The van der Waals surface area contributed by atoms with Crippen LogP contribution in [0.4, 0.5) is 57.1 Å². The molecular formula is C62H50N14O8. The van der Waals surface area contributed by atoms with Gasteiger partial charge in [-0.15, -0.1) is 30.7 Å². The summed E-state index contributed by atoms with van der Waals surface area (Å²) in [4.78, 5) is 22.2. The quantitative estimate of drug-likeness (QED) is 0.0403. The van der Waals surface area contributed by atoms with Gasteiger partial charge in [0.2, 0.25) is 11.6 Å². The topological polar surface area (TPSA) is 301 Å². The summed E-state index contributed by atoms with van der Waals surface area (Å²) in [5.41, 5.74) is 9.64. The number of nitrogens with zero attached hydrogens (tertiary/aromatic N) is 12. The van der Waals surface area contributed by atoms with Crippen LogP contribution in [0.2, 0.25) is 0 Å². The fourth-order valence-corrected chi connectivity index (χ4v) is 9.52. The van der Waals surface area contributed by atoms with Gasteiger partial charge in [-0.1, -0.05) is 72.8 Å². The minimum absolute atomic E-state index is 0.0102. The highest BCUT2D eigenvalue weighted by Gasteiger charge is 2.23. The third-order valence-electron chi connectivity index (χ3n) is 13.8. The lowest BCUT2D eigenvalue weighted by molar-refractivity contribution is -0.385. The normalized spacial score (nSPS) is 12.4. The highest BCUT2D eigenvalue weighted by molar-refractivity contribution is 5.64. The molecule has 11 rings (SSSR count). The van der Waals surface area contributed by atoms with Crippen molar-refractivity contribution in [2.75, 3.05) is 0 Å². The smallest absolute Gasteiger partial charge is 0.269 e. The molecule has 1 aliphatic rings. The van der Waals surface area contributed by atoms with Crippen molar-refractivity contribution in [1.82, 2.24) is 20.4 Å². The Balaban J connectivity index is 1.05. The van der Waals surface area contributed by atoms with Crippen LogP contribution < -0.4 is 9.47 Å². The first-order chi connectivity index (χ1) is 40.9. The molecule has 0 saturated heterocycles. The monoisotopic (exact) mass is 1120 g/mol. The van der Waals surface area contributed by atoms with Crippen LogP contribution in [-0.4, -0.2) is 40.5 Å². The Morgan fingerprint density at radius 3 is 1.10 bits per heavy atom. The zero-order valence-electron chi connectivity index (χ0n) is 45.1. The van der Waals surface area contributed by atoms with E-state index in [1.54, 1.807) is 62.4 Å². The minimum atomic E-state index is -0.468. The summed E-state index contributed by atoms with van der Waals surface area (Å²) in [5.74, 6) is 1.20. The number of aromatic hydroxyl groups is 2. The second kappa shape index (κ2) is 24.5. The average Bonchev–Trinajstić information content (AvgIpc) is 4.04. The highest BCUT2D eigenvalue weighted by Crippen LogP contribution is 2.43. The maximum Gasteiger partial charge on any atom is 0.269 e. The van der Waals surface area contributed by atoms with Gasteiger partial charge in [-0.25, -0.2) is 0 Å². The van der Waals surface area contributed by atoms with E-state index in [0.717, 1.165) is 0 Å². The summed E-state index contributed by atoms with van der Waals surface area (Å²) in [7, 11) is 0. The molecule has 2 aromatic heterocycles. The first-order valence-corrected chi connectivity index (χ1v) is 26.4. The van der Waals surface area contributed by atoms with E-state index in [1.165, 1.54) is 24.3 Å². The molecule has 0 aliphatic heterocycles. The lowest BCUT2D eigenvalue weighted by atomic mass is 9.91. The molecule has 0 spiro atoms. The number of aryl methyl sites for hydroxylation is 2. The molecular weight excluding hydrogens is 1070 g/mol. The number of azo groups is 4. The molecule has 1 aliphatic carbocycles. The standard InChI is InChI=1S/C62H50N14O8/c1-37-55(69-65-49-15-5-3-6-16-49)61(71-63-37)73-67-51-31-45-27-41-11-9-13-43(59(41)83-35-39-19-23-53(24-20-39)75(79)80)29-47-33-52(68-74-62-56(38(2)64-72-62)70-66-50-17-7-4-8-18-50)34-48(58(47)78)30-44-14-10-12-42(28-46(32-51)57(45)77)60(44)84-36-40-21-25-54(26-22-40)76(81)82/h3-26,31-34,77-78H,27-30,35-36H2,1-2H3,(H,63,71)(H,64,72). The van der Waals surface area contributed by atoms with Gasteiger partial charge in [0, 0.05) is 72.2 Å². The lowest BCUT2D eigenvalue weighted by Gasteiger charge is -2.21. The molecule has 8 aromatic carbocycles. The summed E-state index contributed by atoms with van der Waals surface area (Å²) in [6.07, 6.45) is 0.412. The number of aromatic amines is 2. The molecule has 416 valence electrons. The third-order valence-corrected chi connectivity index (χ3v) is 13.8. The van der Waals surface area contributed by atoms with Crippen LogP contribution in [0.1, 0.15) is 67.0 Å². The van der Waals surface area contributed by atoms with Crippen LogP contribution >= 0.6 is 0 Å². The van der Waals surface area contributed by atoms with Gasteiger partial charge in [-0.2, -0.15) is 20.4 Å². The number of H-pyrrole nitrogens is 2. The predicted octanol–water partition coefficient (Wildman–Crippen LogP) is 16.5. The van der Waals surface area contributed by atoms with Crippen LogP contribution in [-0.2, 0) is 38.9 Å². The molecule has 2 heterocycles. The van der Waals surface area contributed by atoms with Gasteiger partial charge in [0.1, 0.15) is 36.2 Å². The first-order valence-electron chi connectivity index (χ1n) is 26.4. The van der Waals surface area contributed by atoms with Crippen molar-refractivity contribution in [1.29, 1.82) is 0 Å². The number of aromatic nitrogens is 4. The van der Waals surface area contributed by atoms with Gasteiger partial charge in [0.05, 0.1) is 44.0 Å². The van der Waals surface area contributed by atoms with Crippen LogP contribution in [0.5, 0.6) is 23.0 Å². The Morgan fingerprint density at radius 1 is 0.429 bits per heavy atom. The minimum Gasteiger partial charge on any atom is -0.507 e. The Bertz CT molecular complexity index is 3840. The highest BCUT2D eigenvalue weighted by atomic mass is 16.6. The fourth-order valence-electron chi connectivity index (χ4n) is 9.52. The van der Waals surface area contributed by atoms with Crippen LogP contribution in [0.3, 0.4) is 0 Å². The maximum atomic E-state index is 12.5. The average molecular weight is 1120 g/mol. The lowest BCUT2D eigenvalue weighted by Crippen LogP contribution is -2.06. The number of non-ortho nitro benzene ring substituents is 2. The molecule has 4 N–H and O–H groups in total. The predicted molar refractivity (Wildman–Crippen MR) is 311 cm³/mol.